The summed E-state index contributed by atoms with van der Waals surface area (Å²) in [5.74, 6) is 0.764. The maximum atomic E-state index is 12.7. The van der Waals surface area contributed by atoms with E-state index in [1.807, 2.05) is 0 Å². The molecule has 2 N–H and O–H groups in total. The molecule has 1 aliphatic heterocycles. The Labute approximate surface area is 148 Å². The van der Waals surface area contributed by atoms with Crippen molar-refractivity contribution in [3.63, 3.8) is 0 Å². The Morgan fingerprint density at radius 3 is 2.62 bits per heavy atom. The summed E-state index contributed by atoms with van der Waals surface area (Å²) in [6, 6.07) is 8.65. The van der Waals surface area contributed by atoms with Crippen molar-refractivity contribution in [3.05, 3.63) is 48.3 Å². The van der Waals surface area contributed by atoms with Gasteiger partial charge in [-0.1, -0.05) is 0 Å². The molecule has 0 spiro atoms. The molecule has 132 valence electrons. The van der Waals surface area contributed by atoms with Gasteiger partial charge in [0.25, 0.3) is 5.91 Å². The smallest absolute Gasteiger partial charge is 0.259 e. The second-order valence-electron chi connectivity index (χ2n) is 5.80. The van der Waals surface area contributed by atoms with Crippen molar-refractivity contribution < 1.29 is 19.1 Å². The number of nitrogens with one attached hydrogen (secondary N) is 2. The van der Waals surface area contributed by atoms with Crippen LogP contribution in [-0.2, 0) is 4.79 Å². The number of nitrogens with zero attached hydrogens (tertiary/aromatic N) is 2. The minimum absolute atomic E-state index is 0.184. The summed E-state index contributed by atoms with van der Waals surface area (Å²) in [5, 5.41) is 9.70. The quantitative estimate of drug-likeness (QED) is 0.754. The lowest BCUT2D eigenvalue weighted by molar-refractivity contribution is -0.114. The van der Waals surface area contributed by atoms with Crippen LogP contribution in [0.5, 0.6) is 11.5 Å². The van der Waals surface area contributed by atoms with Crippen molar-refractivity contribution in [1.82, 2.24) is 9.61 Å². The summed E-state index contributed by atoms with van der Waals surface area (Å²) in [7, 11) is 0. The van der Waals surface area contributed by atoms with Crippen molar-refractivity contribution in [2.75, 3.05) is 23.8 Å². The number of carbonyl (C=O) groups excluding carboxylic acids is 2. The molecule has 8 heteroatoms. The van der Waals surface area contributed by atoms with Gasteiger partial charge in [-0.05, 0) is 24.3 Å². The van der Waals surface area contributed by atoms with Crippen LogP contribution in [0.1, 0.15) is 17.3 Å². The highest BCUT2D eigenvalue weighted by atomic mass is 16.6. The Morgan fingerprint density at radius 1 is 1.04 bits per heavy atom. The van der Waals surface area contributed by atoms with E-state index in [9.17, 15) is 9.59 Å². The van der Waals surface area contributed by atoms with E-state index >= 15 is 0 Å². The summed E-state index contributed by atoms with van der Waals surface area (Å²) in [6.45, 7) is 2.41. The molecule has 2 aromatic heterocycles. The standard InChI is InChI=1S/C18H16N4O4/c1-11(23)20-13-4-5-22-15(8-13)14(10-19-22)18(24)21-12-2-3-16-17(9-12)26-7-6-25-16/h2-5,8-10H,6-7H2,1H3,(H,20,23)(H,21,24). The van der Waals surface area contributed by atoms with Crippen molar-refractivity contribution in [3.8, 4) is 11.5 Å². The van der Waals surface area contributed by atoms with Crippen LogP contribution in [-0.4, -0.2) is 34.6 Å². The van der Waals surface area contributed by atoms with E-state index in [4.69, 9.17) is 9.47 Å². The number of aromatic nitrogens is 2. The highest BCUT2D eigenvalue weighted by molar-refractivity contribution is 6.09. The first-order chi connectivity index (χ1) is 12.6. The number of carbonyl (C=O) groups is 2. The molecule has 0 radical (unpaired) electrons. The van der Waals surface area contributed by atoms with Crippen LogP contribution in [0.4, 0.5) is 11.4 Å². The van der Waals surface area contributed by atoms with Gasteiger partial charge in [0.2, 0.25) is 5.91 Å². The third-order valence-corrected chi connectivity index (χ3v) is 3.89. The predicted octanol–water partition coefficient (Wildman–Crippen LogP) is 2.32. The Hall–Kier alpha value is -3.55. The lowest BCUT2D eigenvalue weighted by Crippen LogP contribution is -2.16. The van der Waals surface area contributed by atoms with Gasteiger partial charge in [-0.25, -0.2) is 4.52 Å². The molecule has 0 unspecified atom stereocenters. The zero-order valence-electron chi connectivity index (χ0n) is 14.0. The van der Waals surface area contributed by atoms with Crippen LogP contribution in [0.3, 0.4) is 0 Å². The lowest BCUT2D eigenvalue weighted by Gasteiger charge is -2.18. The second-order valence-corrected chi connectivity index (χ2v) is 5.80. The van der Waals surface area contributed by atoms with Gasteiger partial charge < -0.3 is 20.1 Å². The molecule has 0 aliphatic carbocycles. The van der Waals surface area contributed by atoms with Crippen LogP contribution in [0, 0.1) is 0 Å². The maximum absolute atomic E-state index is 12.7. The highest BCUT2D eigenvalue weighted by Gasteiger charge is 2.16. The molecule has 2 amide bonds. The molecule has 3 heterocycles. The number of fused-ring (bicyclic) bond motifs is 2. The fourth-order valence-electron chi connectivity index (χ4n) is 2.76. The topological polar surface area (TPSA) is 94.0 Å². The first-order valence-corrected chi connectivity index (χ1v) is 8.06. The zero-order chi connectivity index (χ0) is 18.1. The maximum Gasteiger partial charge on any atom is 0.259 e. The van der Waals surface area contributed by atoms with Crippen LogP contribution < -0.4 is 20.1 Å². The van der Waals surface area contributed by atoms with E-state index in [0.717, 1.165) is 0 Å². The van der Waals surface area contributed by atoms with E-state index in [0.29, 0.717) is 47.2 Å². The third kappa shape index (κ3) is 3.04. The van der Waals surface area contributed by atoms with Crippen LogP contribution in [0.15, 0.2) is 42.7 Å². The fourth-order valence-corrected chi connectivity index (χ4v) is 2.76. The first kappa shape index (κ1) is 15.9. The minimum atomic E-state index is -0.309. The molecular formula is C18H16N4O4. The number of hydrogen-bond donors (Lipinski definition) is 2. The first-order valence-electron chi connectivity index (χ1n) is 8.06. The second kappa shape index (κ2) is 6.40. The molecule has 8 nitrogen and oxygen atoms in total. The van der Waals surface area contributed by atoms with Crippen LogP contribution in [0.25, 0.3) is 5.52 Å². The normalized spacial score (nSPS) is 12.7. The van der Waals surface area contributed by atoms with Gasteiger partial charge in [0, 0.05) is 30.6 Å². The monoisotopic (exact) mass is 352 g/mol. The molecule has 26 heavy (non-hydrogen) atoms. The van der Waals surface area contributed by atoms with Gasteiger partial charge in [-0.2, -0.15) is 5.10 Å². The number of anilines is 2. The average Bonchev–Trinajstić information content (AvgIpc) is 3.04. The number of amides is 2. The number of hydrogen-bond acceptors (Lipinski definition) is 5. The predicted molar refractivity (Wildman–Crippen MR) is 94.9 cm³/mol. The van der Waals surface area contributed by atoms with Gasteiger partial charge in [-0.15, -0.1) is 0 Å². The SMILES string of the molecule is CC(=O)Nc1ccn2ncc(C(=O)Nc3ccc4c(c3)OCCO4)c2c1. The number of ether oxygens (including phenoxy) is 2. The summed E-state index contributed by atoms with van der Waals surface area (Å²) in [4.78, 5) is 23.9. The van der Waals surface area contributed by atoms with Gasteiger partial charge in [0.1, 0.15) is 13.2 Å². The van der Waals surface area contributed by atoms with E-state index in [2.05, 4.69) is 15.7 Å². The van der Waals surface area contributed by atoms with Crippen molar-refractivity contribution >= 4 is 28.7 Å². The summed E-state index contributed by atoms with van der Waals surface area (Å²) in [5.41, 5.74) is 2.17. The number of benzene rings is 1. The molecule has 0 atom stereocenters. The minimum Gasteiger partial charge on any atom is -0.486 e. The van der Waals surface area contributed by atoms with Crippen LogP contribution in [0.2, 0.25) is 0 Å². The molecule has 1 aromatic carbocycles. The molecule has 3 aromatic rings. The number of pyridine rings is 1. The molecule has 4 rings (SSSR count). The Balaban J connectivity index is 1.60. The Bertz CT molecular complexity index is 1010. The molecule has 0 saturated carbocycles. The lowest BCUT2D eigenvalue weighted by atomic mass is 10.2. The van der Waals surface area contributed by atoms with Crippen molar-refractivity contribution in [2.24, 2.45) is 0 Å². The third-order valence-electron chi connectivity index (χ3n) is 3.89. The van der Waals surface area contributed by atoms with E-state index < -0.39 is 0 Å². The van der Waals surface area contributed by atoms with Gasteiger partial charge >= 0.3 is 0 Å². The van der Waals surface area contributed by atoms with E-state index in [1.54, 1.807) is 41.0 Å². The molecule has 0 bridgehead atoms. The van der Waals surface area contributed by atoms with Gasteiger partial charge in [0.15, 0.2) is 11.5 Å². The average molecular weight is 352 g/mol. The fraction of sp³-hybridized carbons (Fsp3) is 0.167. The van der Waals surface area contributed by atoms with Gasteiger partial charge in [0.05, 0.1) is 17.3 Å². The highest BCUT2D eigenvalue weighted by Crippen LogP contribution is 2.32. The van der Waals surface area contributed by atoms with Crippen LogP contribution >= 0.6 is 0 Å². The molecule has 1 aliphatic rings. The summed E-state index contributed by atoms with van der Waals surface area (Å²) in [6.07, 6.45) is 3.17. The molecule has 0 saturated heterocycles. The van der Waals surface area contributed by atoms with Crippen molar-refractivity contribution in [2.45, 2.75) is 6.92 Å². The summed E-state index contributed by atoms with van der Waals surface area (Å²) >= 11 is 0. The summed E-state index contributed by atoms with van der Waals surface area (Å²) < 4.78 is 12.6. The van der Waals surface area contributed by atoms with Gasteiger partial charge in [-0.3, -0.25) is 9.59 Å². The van der Waals surface area contributed by atoms with Crippen molar-refractivity contribution in [1.29, 1.82) is 0 Å². The molecule has 0 fully saturated rings. The zero-order valence-corrected chi connectivity index (χ0v) is 14.0. The molecular weight excluding hydrogens is 336 g/mol. The van der Waals surface area contributed by atoms with E-state index in [1.165, 1.54) is 13.1 Å². The largest absolute Gasteiger partial charge is 0.486 e. The number of rotatable bonds is 3. The Morgan fingerprint density at radius 2 is 1.81 bits per heavy atom. The Kier molecular flexibility index (Phi) is 3.92. The van der Waals surface area contributed by atoms with E-state index in [-0.39, 0.29) is 11.8 Å².